The van der Waals surface area contributed by atoms with Gasteiger partial charge in [-0.05, 0) is 20.8 Å². The van der Waals surface area contributed by atoms with E-state index in [1.165, 1.54) is 4.90 Å². The Balaban J connectivity index is 3.99. The maximum Gasteiger partial charge on any atom is 0.410 e. The molecule has 0 radical (unpaired) electrons. The van der Waals surface area contributed by atoms with Crippen molar-refractivity contribution in [1.82, 2.24) is 4.90 Å². The molecule has 0 rings (SSSR count). The summed E-state index contributed by atoms with van der Waals surface area (Å²) in [7, 11) is 3.22. The Morgan fingerprint density at radius 1 is 1.47 bits per heavy atom. The molecule has 1 unspecified atom stereocenters. The molecule has 0 saturated carbocycles. The Kier molecular flexibility index (Phi) is 5.98. The van der Waals surface area contributed by atoms with Gasteiger partial charge < -0.3 is 14.4 Å². The third-order valence-corrected chi connectivity index (χ3v) is 1.79. The van der Waals surface area contributed by atoms with Gasteiger partial charge in [0.2, 0.25) is 0 Å². The van der Waals surface area contributed by atoms with Crippen LogP contribution in [0.4, 0.5) is 4.79 Å². The number of alkyl halides is 1. The minimum atomic E-state index is -0.478. The van der Waals surface area contributed by atoms with E-state index in [0.29, 0.717) is 13.2 Å². The highest BCUT2D eigenvalue weighted by Gasteiger charge is 2.21. The monoisotopic (exact) mass is 237 g/mol. The summed E-state index contributed by atoms with van der Waals surface area (Å²) in [6.07, 6.45) is -0.371. The molecule has 0 fully saturated rings. The number of nitrogens with zero attached hydrogens (tertiary/aromatic N) is 1. The van der Waals surface area contributed by atoms with Crippen LogP contribution in [0.2, 0.25) is 0 Å². The van der Waals surface area contributed by atoms with Gasteiger partial charge in [0.1, 0.15) is 5.60 Å². The van der Waals surface area contributed by atoms with Gasteiger partial charge in [-0.1, -0.05) is 0 Å². The highest BCUT2D eigenvalue weighted by atomic mass is 35.5. The second kappa shape index (κ2) is 6.18. The quantitative estimate of drug-likeness (QED) is 0.703. The van der Waals surface area contributed by atoms with Crippen LogP contribution in [-0.2, 0) is 9.47 Å². The molecule has 15 heavy (non-hydrogen) atoms. The molecule has 0 aliphatic heterocycles. The average molecular weight is 238 g/mol. The number of ether oxygens (including phenoxy) is 2. The second-order valence-corrected chi connectivity index (χ2v) is 5.03. The Morgan fingerprint density at radius 2 is 2.00 bits per heavy atom. The van der Waals surface area contributed by atoms with Gasteiger partial charge in [0.25, 0.3) is 0 Å². The molecule has 0 aromatic carbocycles. The van der Waals surface area contributed by atoms with Gasteiger partial charge >= 0.3 is 6.09 Å². The van der Waals surface area contributed by atoms with Crippen molar-refractivity contribution < 1.29 is 14.3 Å². The number of hydrogen-bond acceptors (Lipinski definition) is 3. The zero-order chi connectivity index (χ0) is 12.1. The molecule has 0 aromatic heterocycles. The van der Waals surface area contributed by atoms with Gasteiger partial charge in [0, 0.05) is 20.7 Å². The number of hydrogen-bond donors (Lipinski definition) is 0. The minimum Gasteiger partial charge on any atom is -0.444 e. The summed E-state index contributed by atoms with van der Waals surface area (Å²) >= 11 is 5.92. The lowest BCUT2D eigenvalue weighted by Gasteiger charge is -2.25. The maximum absolute atomic E-state index is 11.5. The van der Waals surface area contributed by atoms with Crippen LogP contribution in [0.15, 0.2) is 0 Å². The van der Waals surface area contributed by atoms with E-state index in [4.69, 9.17) is 21.1 Å². The van der Waals surface area contributed by atoms with Crippen LogP contribution in [0.25, 0.3) is 0 Å². The molecule has 0 bridgehead atoms. The second-order valence-electron chi connectivity index (χ2n) is 4.41. The molecule has 0 heterocycles. The van der Waals surface area contributed by atoms with Crippen LogP contribution in [0.1, 0.15) is 20.8 Å². The lowest BCUT2D eigenvalue weighted by molar-refractivity contribution is 0.0288. The first-order valence-corrected chi connectivity index (χ1v) is 5.27. The van der Waals surface area contributed by atoms with Crippen molar-refractivity contribution >= 4 is 17.7 Å². The van der Waals surface area contributed by atoms with Crippen molar-refractivity contribution in [3.8, 4) is 0 Å². The van der Waals surface area contributed by atoms with E-state index in [1.807, 2.05) is 20.8 Å². The van der Waals surface area contributed by atoms with Gasteiger partial charge in [0.15, 0.2) is 0 Å². The van der Waals surface area contributed by atoms with Gasteiger partial charge in [-0.15, -0.1) is 11.6 Å². The zero-order valence-electron chi connectivity index (χ0n) is 10.0. The third-order valence-electron chi connectivity index (χ3n) is 1.52. The SMILES string of the molecule is COCC(Cl)CN(C)C(=O)OC(C)(C)C. The van der Waals surface area contributed by atoms with E-state index in [-0.39, 0.29) is 11.5 Å². The molecule has 0 N–H and O–H groups in total. The number of amides is 1. The van der Waals surface area contributed by atoms with Gasteiger partial charge in [0.05, 0.1) is 12.0 Å². The van der Waals surface area contributed by atoms with Crippen LogP contribution < -0.4 is 0 Å². The molecular weight excluding hydrogens is 218 g/mol. The van der Waals surface area contributed by atoms with E-state index >= 15 is 0 Å². The molecule has 1 amide bonds. The highest BCUT2D eigenvalue weighted by Crippen LogP contribution is 2.10. The van der Waals surface area contributed by atoms with Crippen molar-refractivity contribution in [2.75, 3.05) is 27.3 Å². The normalized spacial score (nSPS) is 13.5. The molecule has 90 valence electrons. The zero-order valence-corrected chi connectivity index (χ0v) is 10.8. The Bertz CT molecular complexity index is 203. The smallest absolute Gasteiger partial charge is 0.410 e. The number of methoxy groups -OCH3 is 1. The lowest BCUT2D eigenvalue weighted by atomic mass is 10.2. The predicted molar refractivity (Wildman–Crippen MR) is 60.4 cm³/mol. The lowest BCUT2D eigenvalue weighted by Crippen LogP contribution is -2.38. The van der Waals surface area contributed by atoms with Crippen LogP contribution in [0.5, 0.6) is 0 Å². The summed E-state index contributed by atoms with van der Waals surface area (Å²) in [5, 5.41) is -0.215. The molecule has 5 heteroatoms. The molecule has 0 aliphatic carbocycles. The molecule has 0 saturated heterocycles. The van der Waals surface area contributed by atoms with Crippen molar-refractivity contribution in [2.24, 2.45) is 0 Å². The fourth-order valence-electron chi connectivity index (χ4n) is 0.945. The van der Waals surface area contributed by atoms with E-state index in [0.717, 1.165) is 0 Å². The summed E-state index contributed by atoms with van der Waals surface area (Å²) in [6, 6.07) is 0. The highest BCUT2D eigenvalue weighted by molar-refractivity contribution is 6.21. The first-order chi connectivity index (χ1) is 6.76. The predicted octanol–water partition coefficient (Wildman–Crippen LogP) is 2.11. The van der Waals surface area contributed by atoms with Gasteiger partial charge in [-0.2, -0.15) is 0 Å². The third kappa shape index (κ3) is 7.45. The summed E-state index contributed by atoms with van der Waals surface area (Å²) < 4.78 is 10.0. The molecular formula is C10H20ClNO3. The van der Waals surface area contributed by atoms with Crippen LogP contribution in [0.3, 0.4) is 0 Å². The fraction of sp³-hybridized carbons (Fsp3) is 0.900. The van der Waals surface area contributed by atoms with Crippen molar-refractivity contribution in [3.05, 3.63) is 0 Å². The van der Waals surface area contributed by atoms with E-state index in [2.05, 4.69) is 0 Å². The minimum absolute atomic E-state index is 0.215. The largest absolute Gasteiger partial charge is 0.444 e. The molecule has 0 aliphatic rings. The first kappa shape index (κ1) is 14.5. The first-order valence-electron chi connectivity index (χ1n) is 4.83. The molecule has 0 aromatic rings. The molecule has 1 atom stereocenters. The topological polar surface area (TPSA) is 38.8 Å². The van der Waals surface area contributed by atoms with Gasteiger partial charge in [-0.3, -0.25) is 0 Å². The number of carbonyl (C=O) groups excluding carboxylic acids is 1. The van der Waals surface area contributed by atoms with Crippen LogP contribution in [0, 0.1) is 0 Å². The number of carbonyl (C=O) groups is 1. The van der Waals surface area contributed by atoms with E-state index in [1.54, 1.807) is 14.2 Å². The summed E-state index contributed by atoms with van der Waals surface area (Å²) in [6.45, 7) is 6.29. The summed E-state index contributed by atoms with van der Waals surface area (Å²) in [5.41, 5.74) is -0.478. The number of halogens is 1. The summed E-state index contributed by atoms with van der Waals surface area (Å²) in [5.74, 6) is 0. The Morgan fingerprint density at radius 3 is 2.40 bits per heavy atom. The Labute approximate surface area is 96.5 Å². The van der Waals surface area contributed by atoms with Crippen LogP contribution >= 0.6 is 11.6 Å². The maximum atomic E-state index is 11.5. The average Bonchev–Trinajstić information content (AvgIpc) is 2.00. The van der Waals surface area contributed by atoms with E-state index in [9.17, 15) is 4.79 Å². The van der Waals surface area contributed by atoms with Crippen molar-refractivity contribution in [1.29, 1.82) is 0 Å². The van der Waals surface area contributed by atoms with Crippen LogP contribution in [-0.4, -0.2) is 49.3 Å². The van der Waals surface area contributed by atoms with Gasteiger partial charge in [-0.25, -0.2) is 4.79 Å². The number of rotatable bonds is 4. The standard InChI is InChI=1S/C10H20ClNO3/c1-10(2,3)15-9(13)12(4)6-8(11)7-14-5/h8H,6-7H2,1-5H3. The molecule has 4 nitrogen and oxygen atoms in total. The van der Waals surface area contributed by atoms with E-state index < -0.39 is 5.60 Å². The van der Waals surface area contributed by atoms with Crippen molar-refractivity contribution in [2.45, 2.75) is 31.7 Å². The van der Waals surface area contributed by atoms with Crippen molar-refractivity contribution in [3.63, 3.8) is 0 Å². The Hall–Kier alpha value is -0.480. The fourth-order valence-corrected chi connectivity index (χ4v) is 1.28. The summed E-state index contributed by atoms with van der Waals surface area (Å²) in [4.78, 5) is 12.9. The molecule has 0 spiro atoms.